The van der Waals surface area contributed by atoms with Crippen molar-refractivity contribution >= 4 is 27.2 Å². The highest BCUT2D eigenvalue weighted by Gasteiger charge is 2.52. The summed E-state index contributed by atoms with van der Waals surface area (Å²) in [6, 6.07) is 11.8. The van der Waals surface area contributed by atoms with Crippen molar-refractivity contribution in [3.05, 3.63) is 52.5 Å². The van der Waals surface area contributed by atoms with Crippen molar-refractivity contribution in [1.29, 1.82) is 0 Å². The van der Waals surface area contributed by atoms with E-state index in [1.807, 2.05) is 11.3 Å². The third kappa shape index (κ3) is 1.90. The zero-order valence-corrected chi connectivity index (χ0v) is 16.2. The Bertz CT molecular complexity index is 942. The molecule has 1 fully saturated rings. The Kier molecular flexibility index (Phi) is 3.34. The highest BCUT2D eigenvalue weighted by atomic mass is 32.1. The van der Waals surface area contributed by atoms with Gasteiger partial charge < -0.3 is 9.47 Å². The summed E-state index contributed by atoms with van der Waals surface area (Å²) in [5.41, 5.74) is 6.19. The van der Waals surface area contributed by atoms with Crippen LogP contribution in [0.4, 0.5) is 5.69 Å². The number of aromatic nitrogens is 1. The number of thiophene rings is 1. The maximum Gasteiger partial charge on any atom is 0.103 e. The van der Waals surface area contributed by atoms with Gasteiger partial charge in [0.1, 0.15) is 4.83 Å². The molecule has 2 aromatic heterocycles. The normalized spacial score (nSPS) is 22.0. The Balaban J connectivity index is 1.81. The van der Waals surface area contributed by atoms with Crippen molar-refractivity contribution in [2.45, 2.75) is 57.5 Å². The van der Waals surface area contributed by atoms with E-state index in [0.717, 1.165) is 0 Å². The fourth-order valence-electron chi connectivity index (χ4n) is 5.66. The zero-order valence-electron chi connectivity index (χ0n) is 15.4. The molecule has 25 heavy (non-hydrogen) atoms. The molecule has 1 atom stereocenters. The van der Waals surface area contributed by atoms with Crippen LogP contribution in [0, 0.1) is 6.92 Å². The van der Waals surface area contributed by atoms with Gasteiger partial charge in [0.15, 0.2) is 0 Å². The second-order valence-electron chi connectivity index (χ2n) is 7.88. The van der Waals surface area contributed by atoms with Crippen LogP contribution in [0.25, 0.3) is 10.2 Å². The van der Waals surface area contributed by atoms with E-state index >= 15 is 0 Å². The van der Waals surface area contributed by atoms with Crippen LogP contribution in [0.5, 0.6) is 0 Å². The second-order valence-corrected chi connectivity index (χ2v) is 8.78. The molecule has 1 saturated carbocycles. The van der Waals surface area contributed by atoms with Gasteiger partial charge in [-0.05, 0) is 49.8 Å². The van der Waals surface area contributed by atoms with Crippen LogP contribution < -0.4 is 4.90 Å². The number of hydrogen-bond donors (Lipinski definition) is 0. The summed E-state index contributed by atoms with van der Waals surface area (Å²) < 4.78 is 2.48. The fraction of sp³-hybridized carbons (Fsp3) is 0.455. The van der Waals surface area contributed by atoms with Crippen molar-refractivity contribution in [2.24, 2.45) is 7.05 Å². The van der Waals surface area contributed by atoms with E-state index < -0.39 is 0 Å². The average Bonchev–Trinajstić information content (AvgIpc) is 3.25. The van der Waals surface area contributed by atoms with Gasteiger partial charge in [-0.1, -0.05) is 37.5 Å². The van der Waals surface area contributed by atoms with Crippen LogP contribution in [0.15, 0.2) is 35.7 Å². The standard InChI is InChI=1S/C22H26N2S/c1-15-9-5-6-10-18(15)24-16(2)20-19(22(24)12-7-4-8-13-22)17-11-14-25-21(17)23(20)3/h5-6,9-11,14,16H,4,7-8,12-13H2,1-3H3/t16-/m0/s1. The summed E-state index contributed by atoms with van der Waals surface area (Å²) in [4.78, 5) is 4.23. The predicted octanol–water partition coefficient (Wildman–Crippen LogP) is 6.29. The predicted molar refractivity (Wildman–Crippen MR) is 108 cm³/mol. The molecule has 1 spiro atoms. The molecular weight excluding hydrogens is 324 g/mol. The van der Waals surface area contributed by atoms with Crippen LogP contribution in [-0.2, 0) is 12.6 Å². The maximum atomic E-state index is 2.78. The Morgan fingerprint density at radius 3 is 2.60 bits per heavy atom. The molecule has 0 unspecified atom stereocenters. The highest BCUT2D eigenvalue weighted by molar-refractivity contribution is 7.16. The summed E-state index contributed by atoms with van der Waals surface area (Å²) in [7, 11) is 2.27. The van der Waals surface area contributed by atoms with Crippen LogP contribution in [0.3, 0.4) is 0 Å². The maximum absolute atomic E-state index is 2.78. The number of aryl methyl sites for hydroxylation is 2. The van der Waals surface area contributed by atoms with Gasteiger partial charge in [0.25, 0.3) is 0 Å². The Labute approximate surface area is 154 Å². The third-order valence-electron chi connectivity index (χ3n) is 6.60. The number of rotatable bonds is 1. The van der Waals surface area contributed by atoms with Crippen molar-refractivity contribution in [1.82, 2.24) is 4.57 Å². The first-order valence-corrected chi connectivity index (χ1v) is 10.4. The number of anilines is 1. The molecule has 0 amide bonds. The molecule has 130 valence electrons. The quantitative estimate of drug-likeness (QED) is 0.501. The third-order valence-corrected chi connectivity index (χ3v) is 7.59. The minimum atomic E-state index is 0.180. The second kappa shape index (κ2) is 5.38. The Morgan fingerprint density at radius 2 is 1.84 bits per heavy atom. The van der Waals surface area contributed by atoms with Gasteiger partial charge in [-0.25, -0.2) is 0 Å². The van der Waals surface area contributed by atoms with Crippen molar-refractivity contribution in [2.75, 3.05) is 4.90 Å². The molecule has 2 nitrogen and oxygen atoms in total. The van der Waals surface area contributed by atoms with E-state index in [0.29, 0.717) is 6.04 Å². The SMILES string of the molecule is Cc1ccccc1N1[C@@H](C)c2c(c3ccsc3n2C)C12CCCCC2. The molecule has 3 heteroatoms. The first-order chi connectivity index (χ1) is 12.1. The van der Waals surface area contributed by atoms with Gasteiger partial charge in [-0.2, -0.15) is 0 Å². The van der Waals surface area contributed by atoms with E-state index in [9.17, 15) is 0 Å². The average molecular weight is 351 g/mol. The topological polar surface area (TPSA) is 8.17 Å². The van der Waals surface area contributed by atoms with E-state index in [2.05, 4.69) is 66.1 Å². The lowest BCUT2D eigenvalue weighted by atomic mass is 9.76. The first kappa shape index (κ1) is 15.5. The van der Waals surface area contributed by atoms with Gasteiger partial charge in [-0.15, -0.1) is 11.3 Å². The number of benzene rings is 1. The van der Waals surface area contributed by atoms with Gasteiger partial charge in [-0.3, -0.25) is 0 Å². The van der Waals surface area contributed by atoms with Crippen LogP contribution in [0.1, 0.15) is 61.9 Å². The molecule has 1 aromatic carbocycles. The van der Waals surface area contributed by atoms with Crippen LogP contribution in [0.2, 0.25) is 0 Å². The number of para-hydroxylation sites is 1. The van der Waals surface area contributed by atoms with E-state index in [-0.39, 0.29) is 5.54 Å². The van der Waals surface area contributed by atoms with Crippen LogP contribution in [-0.4, -0.2) is 4.57 Å². The van der Waals surface area contributed by atoms with Gasteiger partial charge in [0.05, 0.1) is 11.6 Å². The monoisotopic (exact) mass is 350 g/mol. The molecule has 0 bridgehead atoms. The van der Waals surface area contributed by atoms with Gasteiger partial charge >= 0.3 is 0 Å². The number of hydrogen-bond acceptors (Lipinski definition) is 2. The number of nitrogens with zero attached hydrogens (tertiary/aromatic N) is 2. The molecule has 3 aromatic rings. The summed E-state index contributed by atoms with van der Waals surface area (Å²) in [6.07, 6.45) is 6.64. The lowest BCUT2D eigenvalue weighted by Crippen LogP contribution is -2.44. The summed E-state index contributed by atoms with van der Waals surface area (Å²) in [5.74, 6) is 0. The van der Waals surface area contributed by atoms with E-state index in [4.69, 9.17) is 0 Å². The Hall–Kier alpha value is -1.74. The Morgan fingerprint density at radius 1 is 1.08 bits per heavy atom. The summed E-state index contributed by atoms with van der Waals surface area (Å²) in [6.45, 7) is 4.68. The fourth-order valence-corrected chi connectivity index (χ4v) is 6.55. The molecule has 0 saturated heterocycles. The van der Waals surface area contributed by atoms with Gasteiger partial charge in [0, 0.05) is 29.4 Å². The lowest BCUT2D eigenvalue weighted by Gasteiger charge is -2.46. The molecule has 1 aliphatic heterocycles. The molecule has 1 aliphatic carbocycles. The zero-order chi connectivity index (χ0) is 17.2. The number of fused-ring (bicyclic) bond motifs is 4. The lowest BCUT2D eigenvalue weighted by molar-refractivity contribution is 0.285. The smallest absolute Gasteiger partial charge is 0.103 e. The van der Waals surface area contributed by atoms with E-state index in [1.165, 1.54) is 53.6 Å². The molecular formula is C22H26N2S. The molecule has 0 N–H and O–H groups in total. The molecule has 5 rings (SSSR count). The molecule has 0 radical (unpaired) electrons. The highest BCUT2D eigenvalue weighted by Crippen LogP contribution is 2.58. The minimum absolute atomic E-state index is 0.180. The largest absolute Gasteiger partial charge is 0.353 e. The summed E-state index contributed by atoms with van der Waals surface area (Å²) >= 11 is 1.89. The summed E-state index contributed by atoms with van der Waals surface area (Å²) in [5, 5.41) is 3.77. The van der Waals surface area contributed by atoms with Crippen molar-refractivity contribution < 1.29 is 0 Å². The van der Waals surface area contributed by atoms with Gasteiger partial charge in [0.2, 0.25) is 0 Å². The molecule has 2 aliphatic rings. The van der Waals surface area contributed by atoms with E-state index in [1.54, 1.807) is 11.3 Å². The van der Waals surface area contributed by atoms with Crippen LogP contribution >= 0.6 is 11.3 Å². The van der Waals surface area contributed by atoms with Crippen molar-refractivity contribution in [3.8, 4) is 0 Å². The molecule has 3 heterocycles. The first-order valence-electron chi connectivity index (χ1n) is 9.56. The van der Waals surface area contributed by atoms with Crippen molar-refractivity contribution in [3.63, 3.8) is 0 Å². The minimum Gasteiger partial charge on any atom is -0.353 e.